The van der Waals surface area contributed by atoms with Crippen LogP contribution in [0.5, 0.6) is 0 Å². The highest BCUT2D eigenvalue weighted by atomic mass is 35.5. The van der Waals surface area contributed by atoms with Crippen LogP contribution >= 0.6 is 34.5 Å². The summed E-state index contributed by atoms with van der Waals surface area (Å²) in [7, 11) is 3.29. The molecule has 3 heterocycles. The third-order valence-electron chi connectivity index (χ3n) is 7.49. The van der Waals surface area contributed by atoms with Gasteiger partial charge >= 0.3 is 6.18 Å². The molecule has 1 saturated heterocycles. The Bertz CT molecular complexity index is 1940. The molecule has 16 heteroatoms. The lowest BCUT2D eigenvalue weighted by atomic mass is 10.1. The van der Waals surface area contributed by atoms with Crippen LogP contribution in [-0.2, 0) is 12.7 Å². The van der Waals surface area contributed by atoms with E-state index in [1.807, 2.05) is 5.01 Å². The smallest absolute Gasteiger partial charge is 0.362 e. The van der Waals surface area contributed by atoms with Gasteiger partial charge in [-0.05, 0) is 67.4 Å². The Balaban J connectivity index is 1.62. The summed E-state index contributed by atoms with van der Waals surface area (Å²) in [5.74, 6) is 5.62. The number of benzene rings is 2. The molecule has 1 aliphatic heterocycles. The van der Waals surface area contributed by atoms with Gasteiger partial charge < -0.3 is 10.2 Å². The van der Waals surface area contributed by atoms with Gasteiger partial charge in [-0.25, -0.2) is 9.69 Å². The van der Waals surface area contributed by atoms with Crippen LogP contribution in [0.2, 0.25) is 10.0 Å². The first-order valence-corrected chi connectivity index (χ1v) is 16.6. The molecule has 0 spiro atoms. The molecular weight excluding hydrogens is 702 g/mol. The third-order valence-corrected chi connectivity index (χ3v) is 9.03. The van der Waals surface area contributed by atoms with E-state index in [0.29, 0.717) is 50.4 Å². The largest absolute Gasteiger partial charge is 0.416 e. The number of nitrogens with one attached hydrogen (secondary N) is 2. The second kappa shape index (κ2) is 15.3. The van der Waals surface area contributed by atoms with Crippen molar-refractivity contribution in [2.75, 3.05) is 27.2 Å². The summed E-state index contributed by atoms with van der Waals surface area (Å²) in [6.45, 7) is 1.32. The Morgan fingerprint density at radius 1 is 1.08 bits per heavy atom. The van der Waals surface area contributed by atoms with Gasteiger partial charge in [-0.3, -0.25) is 20.3 Å². The number of halogens is 5. The van der Waals surface area contributed by atoms with Gasteiger partial charge in [0.15, 0.2) is 11.5 Å². The standard InChI is InChI=1S/C33H30Cl2F3N7O3S/c1-42(2)29(20-44(47)48)39-19-25-30(32(46)41-43-16-4-3-5-17-43)40-45(27-14-11-23(34)18-26(27)35)31(25)28-15-13-24(49-28)12-8-21-6-9-22(10-7-21)33(36,37)38/h6-7,9-11,13-15,18,20,39H,3-5,16-17,19H2,1-2H3,(H,41,46)/b29-20+. The first-order valence-electron chi connectivity index (χ1n) is 15.0. The number of hydrogen-bond donors (Lipinski definition) is 2. The van der Waals surface area contributed by atoms with Crippen LogP contribution in [0, 0.1) is 22.0 Å². The van der Waals surface area contributed by atoms with Crippen LogP contribution < -0.4 is 10.7 Å². The predicted molar refractivity (Wildman–Crippen MR) is 183 cm³/mol. The molecule has 4 aromatic rings. The van der Waals surface area contributed by atoms with Crippen LogP contribution in [0.25, 0.3) is 16.3 Å². The number of aromatic nitrogens is 2. The highest BCUT2D eigenvalue weighted by Crippen LogP contribution is 2.37. The molecule has 1 fully saturated rings. The van der Waals surface area contributed by atoms with E-state index in [1.165, 1.54) is 33.1 Å². The first-order chi connectivity index (χ1) is 23.3. The highest BCUT2D eigenvalue weighted by Gasteiger charge is 2.30. The molecule has 10 nitrogen and oxygen atoms in total. The number of alkyl halides is 3. The van der Waals surface area contributed by atoms with E-state index in [1.54, 1.807) is 44.4 Å². The molecule has 256 valence electrons. The zero-order valence-corrected chi connectivity index (χ0v) is 28.6. The molecular formula is C33H30Cl2F3N7O3S. The molecule has 1 aliphatic rings. The van der Waals surface area contributed by atoms with Crippen molar-refractivity contribution in [1.82, 2.24) is 30.4 Å². The Hall–Kier alpha value is -4.55. The molecule has 0 atom stereocenters. The molecule has 5 rings (SSSR count). The minimum Gasteiger partial charge on any atom is -0.362 e. The van der Waals surface area contributed by atoms with Crippen LogP contribution in [-0.4, -0.2) is 57.7 Å². The van der Waals surface area contributed by atoms with E-state index >= 15 is 0 Å². The van der Waals surface area contributed by atoms with Crippen molar-refractivity contribution < 1.29 is 22.9 Å². The molecule has 0 unspecified atom stereocenters. The second-order valence-electron chi connectivity index (χ2n) is 11.2. The van der Waals surface area contributed by atoms with Gasteiger partial charge in [0.1, 0.15) is 0 Å². The number of nitrogens with zero attached hydrogens (tertiary/aromatic N) is 5. The molecule has 0 saturated carbocycles. The van der Waals surface area contributed by atoms with Gasteiger partial charge in [0.25, 0.3) is 12.1 Å². The van der Waals surface area contributed by atoms with Gasteiger partial charge in [-0.1, -0.05) is 41.5 Å². The van der Waals surface area contributed by atoms with Crippen molar-refractivity contribution >= 4 is 40.4 Å². The van der Waals surface area contributed by atoms with Gasteiger partial charge in [-0.15, -0.1) is 11.3 Å². The SMILES string of the molecule is CN(C)/C(=C/[N+](=O)[O-])NCc1c(C(=O)NN2CCCCC2)nn(-c2ccc(Cl)cc2Cl)c1-c1ccc(C#Cc2ccc(C(F)(F)F)cc2)s1. The molecule has 0 aliphatic carbocycles. The van der Waals surface area contributed by atoms with Crippen LogP contribution in [0.3, 0.4) is 0 Å². The Labute approximate surface area is 294 Å². The lowest BCUT2D eigenvalue weighted by molar-refractivity contribution is -0.404. The van der Waals surface area contributed by atoms with Crippen molar-refractivity contribution in [3.05, 3.63) is 114 Å². The fourth-order valence-electron chi connectivity index (χ4n) is 5.09. The van der Waals surface area contributed by atoms with Gasteiger partial charge in [0.2, 0.25) is 0 Å². The summed E-state index contributed by atoms with van der Waals surface area (Å²) in [6, 6.07) is 13.0. The lowest BCUT2D eigenvalue weighted by Gasteiger charge is -2.26. The summed E-state index contributed by atoms with van der Waals surface area (Å²) in [5.41, 5.74) is 4.00. The molecule has 2 aromatic carbocycles. The van der Waals surface area contributed by atoms with Crippen molar-refractivity contribution in [1.29, 1.82) is 0 Å². The molecule has 1 amide bonds. The van der Waals surface area contributed by atoms with Crippen LogP contribution in [0.15, 0.2) is 66.6 Å². The molecule has 49 heavy (non-hydrogen) atoms. The molecule has 0 bridgehead atoms. The topological polar surface area (TPSA) is 109 Å². The number of rotatable bonds is 9. The normalized spacial score (nSPS) is 13.8. The van der Waals surface area contributed by atoms with Crippen molar-refractivity contribution in [2.45, 2.75) is 32.0 Å². The summed E-state index contributed by atoms with van der Waals surface area (Å²) < 4.78 is 40.6. The number of hydrazine groups is 1. The number of thiophene rings is 1. The lowest BCUT2D eigenvalue weighted by Crippen LogP contribution is -2.45. The summed E-state index contributed by atoms with van der Waals surface area (Å²) >= 11 is 14.1. The number of piperidine rings is 1. The summed E-state index contributed by atoms with van der Waals surface area (Å²) in [5, 5.41) is 21.7. The Morgan fingerprint density at radius 2 is 1.80 bits per heavy atom. The second-order valence-corrected chi connectivity index (χ2v) is 13.1. The summed E-state index contributed by atoms with van der Waals surface area (Å²) in [4.78, 5) is 27.4. The van der Waals surface area contributed by atoms with E-state index in [-0.39, 0.29) is 23.1 Å². The number of carbonyl (C=O) groups is 1. The zero-order valence-electron chi connectivity index (χ0n) is 26.3. The van der Waals surface area contributed by atoms with E-state index in [9.17, 15) is 28.1 Å². The minimum atomic E-state index is -4.45. The van der Waals surface area contributed by atoms with Crippen molar-refractivity contribution in [3.8, 4) is 28.1 Å². The molecule has 2 aromatic heterocycles. The number of carbonyl (C=O) groups excluding carboxylic acids is 1. The summed E-state index contributed by atoms with van der Waals surface area (Å²) in [6.07, 6.45) is -0.703. The van der Waals surface area contributed by atoms with E-state index in [2.05, 4.69) is 22.6 Å². The quantitative estimate of drug-likeness (QED) is 0.107. The molecule has 2 N–H and O–H groups in total. The maximum Gasteiger partial charge on any atom is 0.416 e. The average molecular weight is 733 g/mol. The Morgan fingerprint density at radius 3 is 2.43 bits per heavy atom. The van der Waals surface area contributed by atoms with E-state index in [4.69, 9.17) is 28.3 Å². The van der Waals surface area contributed by atoms with Crippen molar-refractivity contribution in [2.24, 2.45) is 0 Å². The van der Waals surface area contributed by atoms with Crippen LogP contribution in [0.4, 0.5) is 13.2 Å². The fourth-order valence-corrected chi connectivity index (χ4v) is 6.50. The first kappa shape index (κ1) is 35.7. The Kier molecular flexibility index (Phi) is 11.2. The zero-order chi connectivity index (χ0) is 35.3. The minimum absolute atomic E-state index is 0.0361. The molecule has 0 radical (unpaired) electrons. The highest BCUT2D eigenvalue weighted by molar-refractivity contribution is 7.16. The van der Waals surface area contributed by atoms with Gasteiger partial charge in [-0.2, -0.15) is 18.3 Å². The van der Waals surface area contributed by atoms with Gasteiger partial charge in [0, 0.05) is 49.9 Å². The van der Waals surface area contributed by atoms with Gasteiger partial charge in [0.05, 0.1) is 36.6 Å². The fraction of sp³-hybridized carbons (Fsp3) is 0.273. The average Bonchev–Trinajstić information content (AvgIpc) is 3.67. The maximum atomic E-state index is 13.9. The van der Waals surface area contributed by atoms with E-state index in [0.717, 1.165) is 37.6 Å². The van der Waals surface area contributed by atoms with Crippen LogP contribution in [0.1, 0.15) is 51.3 Å². The number of hydrogen-bond acceptors (Lipinski definition) is 8. The monoisotopic (exact) mass is 731 g/mol. The maximum absolute atomic E-state index is 13.9. The van der Waals surface area contributed by atoms with E-state index < -0.39 is 22.6 Å². The third kappa shape index (κ3) is 8.93. The van der Waals surface area contributed by atoms with Crippen molar-refractivity contribution in [3.63, 3.8) is 0 Å². The number of amides is 1. The number of nitro groups is 1. The predicted octanol–water partition coefficient (Wildman–Crippen LogP) is 7.18.